The molecule has 0 unspecified atom stereocenters. The number of rotatable bonds is 7. The van der Waals surface area contributed by atoms with Crippen molar-refractivity contribution in [1.29, 1.82) is 0 Å². The van der Waals surface area contributed by atoms with Gasteiger partial charge < -0.3 is 9.47 Å². The third-order valence-electron chi connectivity index (χ3n) is 6.13. The quantitative estimate of drug-likeness (QED) is 0.236. The summed E-state index contributed by atoms with van der Waals surface area (Å²) in [6, 6.07) is 17.5. The molecule has 0 N–H and O–H groups in total. The van der Waals surface area contributed by atoms with Crippen LogP contribution in [-0.2, 0) is 19.6 Å². The number of allylic oxidation sites excluding steroid dienone is 1. The fourth-order valence-electron chi connectivity index (χ4n) is 4.28. The van der Waals surface area contributed by atoms with Crippen molar-refractivity contribution in [1.82, 2.24) is 0 Å². The Hall–Kier alpha value is -3.00. The highest BCUT2D eigenvalue weighted by atomic mass is 35.5. The number of halogens is 2. The second-order valence-corrected chi connectivity index (χ2v) is 11.5. The van der Waals surface area contributed by atoms with Gasteiger partial charge >= 0.3 is 5.97 Å². The van der Waals surface area contributed by atoms with E-state index < -0.39 is 16.1 Å². The minimum atomic E-state index is -3.91. The number of hydrogen-bond acceptors (Lipinski definition) is 5. The number of anilines is 1. The van der Waals surface area contributed by atoms with Crippen molar-refractivity contribution in [3.05, 3.63) is 87.4 Å². The van der Waals surface area contributed by atoms with Crippen molar-refractivity contribution in [2.24, 2.45) is 0 Å². The highest BCUT2D eigenvalue weighted by Gasteiger charge is 2.35. The number of benzene rings is 3. The molecule has 0 saturated heterocycles. The Balaban J connectivity index is 1.77. The SMILES string of the molecule is COC(=O)CC[C@H]1CN(S(=O)(=O)c2cccc(C)c2)c2cc(/C=C(\C)c3c(Cl)cccc3Cl)ccc2O1. The first-order valence-corrected chi connectivity index (χ1v) is 13.9. The van der Waals surface area contributed by atoms with E-state index >= 15 is 0 Å². The minimum Gasteiger partial charge on any atom is -0.486 e. The van der Waals surface area contributed by atoms with Gasteiger partial charge in [-0.05, 0) is 73.4 Å². The normalized spacial score (nSPS) is 15.6. The van der Waals surface area contributed by atoms with E-state index in [1.54, 1.807) is 48.5 Å². The van der Waals surface area contributed by atoms with Gasteiger partial charge in [0.2, 0.25) is 0 Å². The highest BCUT2D eigenvalue weighted by molar-refractivity contribution is 7.92. The fraction of sp³-hybridized carbons (Fsp3) is 0.250. The monoisotopic (exact) mass is 559 g/mol. The predicted molar refractivity (Wildman–Crippen MR) is 148 cm³/mol. The van der Waals surface area contributed by atoms with Crippen LogP contribution in [0.2, 0.25) is 10.0 Å². The van der Waals surface area contributed by atoms with Crippen LogP contribution in [0.5, 0.6) is 5.75 Å². The van der Waals surface area contributed by atoms with Gasteiger partial charge in [-0.3, -0.25) is 9.10 Å². The predicted octanol–water partition coefficient (Wildman–Crippen LogP) is 6.77. The van der Waals surface area contributed by atoms with Crippen LogP contribution in [0.1, 0.15) is 36.5 Å². The van der Waals surface area contributed by atoms with Crippen molar-refractivity contribution < 1.29 is 22.7 Å². The Bertz CT molecular complexity index is 1450. The van der Waals surface area contributed by atoms with Gasteiger partial charge in [0.05, 0.1) is 24.2 Å². The maximum Gasteiger partial charge on any atom is 0.305 e. The summed E-state index contributed by atoms with van der Waals surface area (Å²) in [7, 11) is -2.59. The molecule has 1 heterocycles. The lowest BCUT2D eigenvalue weighted by Gasteiger charge is -2.35. The third-order valence-corrected chi connectivity index (χ3v) is 8.54. The van der Waals surface area contributed by atoms with Crippen molar-refractivity contribution >= 4 is 56.5 Å². The fourth-order valence-corrected chi connectivity index (χ4v) is 6.58. The number of aryl methyl sites for hydroxylation is 1. The first-order chi connectivity index (χ1) is 17.6. The molecule has 1 atom stereocenters. The molecule has 0 amide bonds. The second kappa shape index (κ2) is 11.2. The van der Waals surface area contributed by atoms with Gasteiger partial charge in [0, 0.05) is 22.0 Å². The van der Waals surface area contributed by atoms with Crippen molar-refractivity contribution in [2.75, 3.05) is 18.0 Å². The third kappa shape index (κ3) is 5.95. The number of hydrogen-bond donors (Lipinski definition) is 0. The number of esters is 1. The molecule has 194 valence electrons. The zero-order chi connectivity index (χ0) is 26.7. The van der Waals surface area contributed by atoms with Crippen LogP contribution < -0.4 is 9.04 Å². The average Bonchev–Trinajstić information content (AvgIpc) is 2.86. The van der Waals surface area contributed by atoms with E-state index in [4.69, 9.17) is 32.7 Å². The van der Waals surface area contributed by atoms with Crippen LogP contribution in [0.4, 0.5) is 5.69 Å². The second-order valence-electron chi connectivity index (χ2n) is 8.86. The maximum absolute atomic E-state index is 13.8. The van der Waals surface area contributed by atoms with Crippen molar-refractivity contribution in [3.8, 4) is 5.75 Å². The van der Waals surface area contributed by atoms with E-state index in [9.17, 15) is 13.2 Å². The van der Waals surface area contributed by atoms with E-state index in [2.05, 4.69) is 0 Å². The lowest BCUT2D eigenvalue weighted by Crippen LogP contribution is -2.43. The molecule has 9 heteroatoms. The molecule has 37 heavy (non-hydrogen) atoms. The number of sulfonamides is 1. The molecule has 0 aliphatic carbocycles. The van der Waals surface area contributed by atoms with Gasteiger partial charge in [0.15, 0.2) is 0 Å². The van der Waals surface area contributed by atoms with Gasteiger partial charge in [0.1, 0.15) is 11.9 Å². The molecule has 1 aliphatic heterocycles. The summed E-state index contributed by atoms with van der Waals surface area (Å²) in [5, 5.41) is 1.05. The first-order valence-electron chi connectivity index (χ1n) is 11.7. The number of ether oxygens (including phenoxy) is 2. The summed E-state index contributed by atoms with van der Waals surface area (Å²) in [6.45, 7) is 3.80. The Morgan fingerprint density at radius 2 is 1.81 bits per heavy atom. The molecule has 1 aliphatic rings. The van der Waals surface area contributed by atoms with E-state index in [0.29, 0.717) is 33.5 Å². The summed E-state index contributed by atoms with van der Waals surface area (Å²) in [6.07, 6.45) is 1.82. The lowest BCUT2D eigenvalue weighted by molar-refractivity contribution is -0.141. The summed E-state index contributed by atoms with van der Waals surface area (Å²) in [5.74, 6) is 0.0413. The van der Waals surface area contributed by atoms with Crippen LogP contribution in [0, 0.1) is 6.92 Å². The molecular formula is C28H27Cl2NO5S. The molecule has 4 rings (SSSR count). The van der Waals surface area contributed by atoms with Crippen LogP contribution >= 0.6 is 23.2 Å². The summed E-state index contributed by atoms with van der Waals surface area (Å²) in [5.41, 5.74) is 3.56. The van der Waals surface area contributed by atoms with Crippen LogP contribution in [0.15, 0.2) is 65.6 Å². The molecule has 3 aromatic carbocycles. The van der Waals surface area contributed by atoms with Crippen molar-refractivity contribution in [3.63, 3.8) is 0 Å². The Labute approximate surface area is 227 Å². The molecule has 0 saturated carbocycles. The Morgan fingerprint density at radius 1 is 1.11 bits per heavy atom. The van der Waals surface area contributed by atoms with Crippen LogP contribution in [0.25, 0.3) is 11.6 Å². The van der Waals surface area contributed by atoms with Gasteiger partial charge in [0.25, 0.3) is 10.0 Å². The van der Waals surface area contributed by atoms with Crippen molar-refractivity contribution in [2.45, 2.75) is 37.7 Å². The van der Waals surface area contributed by atoms with E-state index in [-0.39, 0.29) is 23.8 Å². The van der Waals surface area contributed by atoms with E-state index in [1.165, 1.54) is 11.4 Å². The van der Waals surface area contributed by atoms with Crippen LogP contribution in [-0.4, -0.2) is 34.1 Å². The highest BCUT2D eigenvalue weighted by Crippen LogP contribution is 2.40. The standard InChI is InChI=1S/C28H27Cl2NO5S/c1-18-6-4-7-22(14-18)37(33,34)31-17-21(11-13-27(32)35-3)36-26-12-10-20(16-25(26)31)15-19(2)28-23(29)8-5-9-24(28)30/h4-10,12,14-16,21H,11,13,17H2,1-3H3/b19-15+/t21-/m0/s1. The van der Waals surface area contributed by atoms with Gasteiger partial charge in [-0.1, -0.05) is 53.5 Å². The van der Waals surface area contributed by atoms with Gasteiger partial charge in [-0.25, -0.2) is 8.42 Å². The average molecular weight is 560 g/mol. The Morgan fingerprint density at radius 3 is 2.49 bits per heavy atom. The van der Waals surface area contributed by atoms with Gasteiger partial charge in [-0.15, -0.1) is 0 Å². The molecule has 3 aromatic rings. The molecule has 0 radical (unpaired) electrons. The molecule has 0 fully saturated rings. The van der Waals surface area contributed by atoms with Gasteiger partial charge in [-0.2, -0.15) is 0 Å². The first kappa shape index (κ1) is 27.0. The number of nitrogens with zero attached hydrogens (tertiary/aromatic N) is 1. The number of carbonyl (C=O) groups excluding carboxylic acids is 1. The molecule has 6 nitrogen and oxygen atoms in total. The molecule has 0 spiro atoms. The zero-order valence-electron chi connectivity index (χ0n) is 20.7. The maximum atomic E-state index is 13.8. The molecule has 0 bridgehead atoms. The van der Waals surface area contributed by atoms with E-state index in [1.807, 2.05) is 32.1 Å². The summed E-state index contributed by atoms with van der Waals surface area (Å²) >= 11 is 12.8. The number of fused-ring (bicyclic) bond motifs is 1. The summed E-state index contributed by atoms with van der Waals surface area (Å²) < 4.78 is 39.8. The molecular weight excluding hydrogens is 533 g/mol. The topological polar surface area (TPSA) is 72.9 Å². The largest absolute Gasteiger partial charge is 0.486 e. The van der Waals surface area contributed by atoms with E-state index in [0.717, 1.165) is 16.7 Å². The number of methoxy groups -OCH3 is 1. The zero-order valence-corrected chi connectivity index (χ0v) is 23.0. The summed E-state index contributed by atoms with van der Waals surface area (Å²) in [4.78, 5) is 11.9. The number of carbonyl (C=O) groups is 1. The Kier molecular flexibility index (Phi) is 8.17. The van der Waals surface area contributed by atoms with Crippen LogP contribution in [0.3, 0.4) is 0 Å². The lowest BCUT2D eigenvalue weighted by atomic mass is 10.0. The smallest absolute Gasteiger partial charge is 0.305 e. The molecule has 0 aromatic heterocycles. The minimum absolute atomic E-state index is 0.0583.